The molecule has 0 saturated carbocycles. The number of aromatic nitrogens is 2. The largest absolute Gasteiger partial charge is 0.432 e. The number of carbonyl (C=O) groups is 1. The number of rotatable bonds is 2. The molecule has 0 atom stereocenters. The molecular formula is C11H6BrClF3N3O. The maximum atomic E-state index is 12.4. The van der Waals surface area contributed by atoms with Crippen molar-refractivity contribution in [1.29, 1.82) is 0 Å². The van der Waals surface area contributed by atoms with E-state index in [-0.39, 0.29) is 16.4 Å². The summed E-state index contributed by atoms with van der Waals surface area (Å²) in [6.45, 7) is 0. The number of aromatic amines is 1. The van der Waals surface area contributed by atoms with Crippen molar-refractivity contribution in [2.45, 2.75) is 6.18 Å². The summed E-state index contributed by atoms with van der Waals surface area (Å²) in [5.41, 5.74) is -1.20. The van der Waals surface area contributed by atoms with Crippen molar-refractivity contribution in [1.82, 2.24) is 10.2 Å². The van der Waals surface area contributed by atoms with Crippen LogP contribution in [0.1, 0.15) is 16.2 Å². The van der Waals surface area contributed by atoms with Gasteiger partial charge in [-0.15, -0.1) is 0 Å². The van der Waals surface area contributed by atoms with Crippen LogP contribution in [0.3, 0.4) is 0 Å². The van der Waals surface area contributed by atoms with Gasteiger partial charge in [0, 0.05) is 10.5 Å². The van der Waals surface area contributed by atoms with E-state index in [2.05, 4.69) is 26.3 Å². The highest BCUT2D eigenvalue weighted by atomic mass is 79.9. The monoisotopic (exact) mass is 367 g/mol. The predicted octanol–water partition coefficient (Wildman–Crippen LogP) is 4.10. The van der Waals surface area contributed by atoms with Gasteiger partial charge in [0.15, 0.2) is 5.69 Å². The number of nitrogens with one attached hydrogen (secondary N) is 2. The molecule has 0 spiro atoms. The first-order valence-electron chi connectivity index (χ1n) is 5.16. The van der Waals surface area contributed by atoms with Crippen LogP contribution in [0.5, 0.6) is 0 Å². The van der Waals surface area contributed by atoms with Crippen LogP contribution in [0.4, 0.5) is 18.9 Å². The van der Waals surface area contributed by atoms with Gasteiger partial charge in [0.1, 0.15) is 5.69 Å². The van der Waals surface area contributed by atoms with Gasteiger partial charge >= 0.3 is 6.18 Å². The highest BCUT2D eigenvalue weighted by Gasteiger charge is 2.33. The normalized spacial score (nSPS) is 11.4. The molecule has 0 saturated heterocycles. The zero-order valence-corrected chi connectivity index (χ0v) is 11.9. The Morgan fingerprint density at radius 2 is 2.05 bits per heavy atom. The lowest BCUT2D eigenvalue weighted by Gasteiger charge is -2.05. The van der Waals surface area contributed by atoms with Crippen LogP contribution < -0.4 is 5.32 Å². The molecule has 0 aliphatic rings. The maximum Gasteiger partial charge on any atom is 0.432 e. The molecule has 0 unspecified atom stereocenters. The molecular weight excluding hydrogens is 362 g/mol. The maximum absolute atomic E-state index is 12.4. The molecule has 2 aromatic rings. The van der Waals surface area contributed by atoms with Crippen molar-refractivity contribution >= 4 is 39.1 Å². The van der Waals surface area contributed by atoms with Gasteiger partial charge in [-0.2, -0.15) is 18.3 Å². The molecule has 2 N–H and O–H groups in total. The number of halogens is 5. The zero-order chi connectivity index (χ0) is 14.9. The molecule has 1 amide bonds. The van der Waals surface area contributed by atoms with Gasteiger partial charge in [-0.25, -0.2) is 0 Å². The minimum Gasteiger partial charge on any atom is -0.319 e. The Morgan fingerprint density at radius 1 is 1.35 bits per heavy atom. The third-order valence-corrected chi connectivity index (χ3v) is 3.10. The number of alkyl halides is 3. The van der Waals surface area contributed by atoms with E-state index in [1.165, 1.54) is 6.07 Å². The molecule has 1 heterocycles. The van der Waals surface area contributed by atoms with E-state index in [1.807, 2.05) is 0 Å². The Bertz CT molecular complexity index is 657. The quantitative estimate of drug-likeness (QED) is 0.838. The van der Waals surface area contributed by atoms with Gasteiger partial charge < -0.3 is 5.32 Å². The molecule has 1 aromatic heterocycles. The fourth-order valence-corrected chi connectivity index (χ4v) is 2.08. The molecule has 1 aromatic carbocycles. The number of nitrogens with zero attached hydrogens (tertiary/aromatic N) is 1. The highest BCUT2D eigenvalue weighted by molar-refractivity contribution is 9.10. The molecule has 0 fully saturated rings. The van der Waals surface area contributed by atoms with Crippen LogP contribution in [0.15, 0.2) is 28.7 Å². The van der Waals surface area contributed by atoms with Crippen molar-refractivity contribution in [2.75, 3.05) is 5.32 Å². The minimum atomic E-state index is -4.58. The van der Waals surface area contributed by atoms with Crippen molar-refractivity contribution in [2.24, 2.45) is 0 Å². The van der Waals surface area contributed by atoms with E-state index in [0.717, 1.165) is 0 Å². The summed E-state index contributed by atoms with van der Waals surface area (Å²) in [5.74, 6) is -0.791. The lowest BCUT2D eigenvalue weighted by atomic mass is 10.3. The Labute approximate surface area is 124 Å². The first-order chi connectivity index (χ1) is 9.27. The molecule has 0 radical (unpaired) electrons. The first kappa shape index (κ1) is 14.9. The second-order valence-corrected chi connectivity index (χ2v) is 5.07. The van der Waals surface area contributed by atoms with Crippen LogP contribution in [0.25, 0.3) is 0 Å². The number of carbonyl (C=O) groups excluding carboxylic acids is 1. The van der Waals surface area contributed by atoms with Gasteiger partial charge in [0.2, 0.25) is 0 Å². The minimum absolute atomic E-state index is 0.249. The summed E-state index contributed by atoms with van der Waals surface area (Å²) in [7, 11) is 0. The highest BCUT2D eigenvalue weighted by Crippen LogP contribution is 2.29. The number of hydrogen-bond acceptors (Lipinski definition) is 2. The van der Waals surface area contributed by atoms with Crippen LogP contribution in [-0.4, -0.2) is 16.1 Å². The second-order valence-electron chi connectivity index (χ2n) is 3.74. The third kappa shape index (κ3) is 3.31. The average Bonchev–Trinajstić information content (AvgIpc) is 2.82. The van der Waals surface area contributed by atoms with Gasteiger partial charge in [-0.1, -0.05) is 27.5 Å². The number of amides is 1. The zero-order valence-electron chi connectivity index (χ0n) is 9.55. The molecule has 0 aliphatic heterocycles. The molecule has 4 nitrogen and oxygen atoms in total. The van der Waals surface area contributed by atoms with Gasteiger partial charge in [0.25, 0.3) is 5.91 Å². The molecule has 0 aliphatic carbocycles. The first-order valence-corrected chi connectivity index (χ1v) is 6.33. The molecule has 20 heavy (non-hydrogen) atoms. The Kier molecular flexibility index (Phi) is 4.05. The second kappa shape index (κ2) is 5.45. The lowest BCUT2D eigenvalue weighted by Crippen LogP contribution is -2.12. The summed E-state index contributed by atoms with van der Waals surface area (Å²) in [6.07, 6.45) is -4.58. The molecule has 9 heteroatoms. The van der Waals surface area contributed by atoms with E-state index < -0.39 is 17.8 Å². The Balaban J connectivity index is 2.18. The van der Waals surface area contributed by atoms with E-state index in [1.54, 1.807) is 17.2 Å². The number of benzene rings is 1. The summed E-state index contributed by atoms with van der Waals surface area (Å²) in [5, 5.41) is 7.70. The van der Waals surface area contributed by atoms with Crippen molar-refractivity contribution in [3.8, 4) is 0 Å². The van der Waals surface area contributed by atoms with Crippen molar-refractivity contribution in [3.05, 3.63) is 45.1 Å². The summed E-state index contributed by atoms with van der Waals surface area (Å²) < 4.78 is 37.8. The van der Waals surface area contributed by atoms with Crippen LogP contribution in [-0.2, 0) is 6.18 Å². The molecule has 106 valence electrons. The van der Waals surface area contributed by atoms with E-state index in [9.17, 15) is 18.0 Å². The predicted molar refractivity (Wildman–Crippen MR) is 70.7 cm³/mol. The summed E-state index contributed by atoms with van der Waals surface area (Å²) >= 11 is 9.08. The summed E-state index contributed by atoms with van der Waals surface area (Å²) in [6, 6.07) is 5.32. The Hall–Kier alpha value is -1.54. The third-order valence-electron chi connectivity index (χ3n) is 2.30. The van der Waals surface area contributed by atoms with Crippen LogP contribution in [0, 0.1) is 0 Å². The lowest BCUT2D eigenvalue weighted by molar-refractivity contribution is -0.141. The standard InChI is InChI=1S/C11H6BrClF3N3O/c12-5-1-2-7(6(13)3-5)17-10(20)8-4-9(19-18-8)11(14,15)16/h1-4H,(H,17,20)(H,18,19). The van der Waals surface area contributed by atoms with Crippen LogP contribution >= 0.6 is 27.5 Å². The topological polar surface area (TPSA) is 57.8 Å². The summed E-state index contributed by atoms with van der Waals surface area (Å²) in [4.78, 5) is 11.8. The van der Waals surface area contributed by atoms with Crippen molar-refractivity contribution < 1.29 is 18.0 Å². The van der Waals surface area contributed by atoms with Gasteiger partial charge in [-0.3, -0.25) is 9.89 Å². The number of H-pyrrole nitrogens is 1. The van der Waals surface area contributed by atoms with Crippen LogP contribution in [0.2, 0.25) is 5.02 Å². The smallest absolute Gasteiger partial charge is 0.319 e. The van der Waals surface area contributed by atoms with Gasteiger partial charge in [-0.05, 0) is 18.2 Å². The van der Waals surface area contributed by atoms with E-state index in [4.69, 9.17) is 11.6 Å². The van der Waals surface area contributed by atoms with E-state index in [0.29, 0.717) is 10.5 Å². The molecule has 0 bridgehead atoms. The van der Waals surface area contributed by atoms with Crippen molar-refractivity contribution in [3.63, 3.8) is 0 Å². The number of anilines is 1. The molecule has 2 rings (SSSR count). The number of hydrogen-bond donors (Lipinski definition) is 2. The van der Waals surface area contributed by atoms with E-state index >= 15 is 0 Å². The Morgan fingerprint density at radius 3 is 2.60 bits per heavy atom. The SMILES string of the molecule is O=C(Nc1ccc(Br)cc1Cl)c1cc(C(F)(F)F)[nH]n1. The fourth-order valence-electron chi connectivity index (χ4n) is 1.36. The fraction of sp³-hybridized carbons (Fsp3) is 0.0909. The average molecular weight is 369 g/mol. The van der Waals surface area contributed by atoms with Gasteiger partial charge in [0.05, 0.1) is 10.7 Å².